The Balaban J connectivity index is 0.00000341. The Morgan fingerprint density at radius 3 is 2.43 bits per heavy atom. The van der Waals surface area contributed by atoms with Crippen molar-refractivity contribution in [3.63, 3.8) is 0 Å². The molecule has 0 spiro atoms. The third-order valence-electron chi connectivity index (χ3n) is 10.1. The van der Waals surface area contributed by atoms with Crippen molar-refractivity contribution in [2.45, 2.75) is 0 Å². The Morgan fingerprint density at radius 2 is 1.44 bits per heavy atom. The molecule has 0 fully saturated rings. The van der Waals surface area contributed by atoms with Crippen LogP contribution in [0.15, 0.2) is 140 Å². The van der Waals surface area contributed by atoms with Crippen molar-refractivity contribution in [2.75, 3.05) is 0 Å². The largest absolute Gasteiger partial charge is 2.00 e. The molecule has 0 radical (unpaired) electrons. The van der Waals surface area contributed by atoms with Crippen molar-refractivity contribution >= 4 is 102 Å². The molecule has 0 unspecified atom stereocenters. The van der Waals surface area contributed by atoms with E-state index in [1.54, 1.807) is 0 Å². The summed E-state index contributed by atoms with van der Waals surface area (Å²) in [5, 5.41) is 13.2. The Labute approximate surface area is 329 Å². The number of nitrogens with zero attached hydrogens (tertiary/aromatic N) is 5. The number of aromatic nitrogens is 5. The van der Waals surface area contributed by atoms with Gasteiger partial charge in [0.25, 0.3) is 0 Å². The van der Waals surface area contributed by atoms with Crippen LogP contribution in [0.4, 0.5) is 0 Å². The second-order valence-electron chi connectivity index (χ2n) is 13.1. The van der Waals surface area contributed by atoms with E-state index in [2.05, 4.69) is 95.4 Å². The van der Waals surface area contributed by atoms with Crippen LogP contribution in [0.5, 0.6) is 11.5 Å². The molecule has 0 aliphatic carbocycles. The number of para-hydroxylation sites is 2. The summed E-state index contributed by atoms with van der Waals surface area (Å²) in [6.45, 7) is 0. The van der Waals surface area contributed by atoms with Gasteiger partial charge >= 0.3 is 21.1 Å². The van der Waals surface area contributed by atoms with Crippen molar-refractivity contribution in [2.24, 2.45) is 0 Å². The fourth-order valence-electron chi connectivity index (χ4n) is 7.69. The second-order valence-corrected chi connectivity index (χ2v) is 15.3. The van der Waals surface area contributed by atoms with E-state index in [0.717, 1.165) is 55.4 Å². The number of hydrogen-bond donors (Lipinski definition) is 0. The fraction of sp³-hybridized carbons (Fsp3) is 0. The Morgan fingerprint density at radius 1 is 0.611 bits per heavy atom. The number of thiophene rings is 2. The summed E-state index contributed by atoms with van der Waals surface area (Å²) in [6, 6.07) is 51.0. The third-order valence-corrected chi connectivity index (χ3v) is 12.4. The Hall–Kier alpha value is -5.92. The molecule has 0 aliphatic heterocycles. The summed E-state index contributed by atoms with van der Waals surface area (Å²) in [6.07, 6.45) is 3.80. The first-order chi connectivity index (χ1) is 26.2. The average Bonchev–Trinajstić information content (AvgIpc) is 4.00. The number of hydrogen-bond acceptors (Lipinski definition) is 6. The van der Waals surface area contributed by atoms with Crippen molar-refractivity contribution in [3.8, 4) is 28.4 Å². The van der Waals surface area contributed by atoms with E-state index in [0.29, 0.717) is 11.5 Å². The molecule has 0 saturated carbocycles. The van der Waals surface area contributed by atoms with Crippen LogP contribution in [0.1, 0.15) is 0 Å². The SMILES string of the molecule is [Pt+2].[c-]1c(Oc2[c-]c3c(cc2)c2cccnc2n2c4ccccc4nc32)cccc1-n1ccc(-c2ccc3sc4c(ccc5sc6ccccc6c54)c3c2)n1. The molecule has 256 valence electrons. The molecule has 12 aromatic rings. The van der Waals surface area contributed by atoms with Gasteiger partial charge in [-0.1, -0.05) is 65.4 Å². The maximum absolute atomic E-state index is 6.40. The van der Waals surface area contributed by atoms with E-state index in [-0.39, 0.29) is 21.1 Å². The summed E-state index contributed by atoms with van der Waals surface area (Å²) in [7, 11) is 0. The predicted molar refractivity (Wildman–Crippen MR) is 218 cm³/mol. The minimum absolute atomic E-state index is 0. The molecule has 6 heterocycles. The molecule has 0 N–H and O–H groups in total. The van der Waals surface area contributed by atoms with Gasteiger partial charge in [-0.05, 0) is 59.6 Å². The van der Waals surface area contributed by atoms with Crippen molar-refractivity contribution < 1.29 is 25.8 Å². The van der Waals surface area contributed by atoms with E-state index in [9.17, 15) is 0 Å². The van der Waals surface area contributed by atoms with Gasteiger partial charge in [0.05, 0.1) is 22.4 Å². The van der Waals surface area contributed by atoms with Gasteiger partial charge in [0.2, 0.25) is 0 Å². The predicted octanol–water partition coefficient (Wildman–Crippen LogP) is 12.2. The maximum atomic E-state index is 6.40. The van der Waals surface area contributed by atoms with Crippen LogP contribution < -0.4 is 4.74 Å². The number of fused-ring (bicyclic) bond motifs is 15. The zero-order valence-corrected chi connectivity index (χ0v) is 32.0. The number of imidazole rings is 1. The van der Waals surface area contributed by atoms with Crippen LogP contribution in [0, 0.1) is 12.1 Å². The van der Waals surface area contributed by atoms with Gasteiger partial charge in [0.15, 0.2) is 0 Å². The van der Waals surface area contributed by atoms with Crippen LogP contribution in [-0.2, 0) is 21.1 Å². The first kappa shape index (κ1) is 31.6. The van der Waals surface area contributed by atoms with Gasteiger partial charge in [-0.25, -0.2) is 4.98 Å². The van der Waals surface area contributed by atoms with Gasteiger partial charge in [-0.3, -0.25) is 9.67 Å². The molecule has 0 aliphatic rings. The molecule has 0 atom stereocenters. The van der Waals surface area contributed by atoms with Gasteiger partial charge in [0, 0.05) is 69.8 Å². The van der Waals surface area contributed by atoms with E-state index in [4.69, 9.17) is 19.8 Å². The Bertz CT molecular complexity index is 3470. The smallest absolute Gasteiger partial charge is 0.503 e. The molecule has 0 bridgehead atoms. The quantitative estimate of drug-likeness (QED) is 0.130. The van der Waals surface area contributed by atoms with Gasteiger partial charge in [-0.2, -0.15) is 11.2 Å². The molecule has 12 rings (SSSR count). The maximum Gasteiger partial charge on any atom is 2.00 e. The van der Waals surface area contributed by atoms with E-state index in [1.165, 1.54) is 40.3 Å². The average molecular weight is 909 g/mol. The number of ether oxygens (including phenoxy) is 1. The molecule has 54 heavy (non-hydrogen) atoms. The molecule has 6 aromatic carbocycles. The minimum Gasteiger partial charge on any atom is -0.503 e. The molecule has 0 saturated heterocycles. The van der Waals surface area contributed by atoms with Crippen molar-refractivity contribution in [3.05, 3.63) is 152 Å². The van der Waals surface area contributed by atoms with Crippen LogP contribution >= 0.6 is 22.7 Å². The summed E-state index contributed by atoms with van der Waals surface area (Å²) in [5.41, 5.74) is 6.32. The summed E-state index contributed by atoms with van der Waals surface area (Å²) in [5.74, 6) is 1.15. The zero-order valence-electron chi connectivity index (χ0n) is 28.1. The Kier molecular flexibility index (Phi) is 7.05. The monoisotopic (exact) mass is 908 g/mol. The van der Waals surface area contributed by atoms with Crippen LogP contribution in [-0.4, -0.2) is 24.1 Å². The normalized spacial score (nSPS) is 11.9. The first-order valence-corrected chi connectivity index (χ1v) is 18.9. The zero-order chi connectivity index (χ0) is 34.6. The number of rotatable bonds is 4. The summed E-state index contributed by atoms with van der Waals surface area (Å²) < 4.78 is 15.7. The molecular formula is C45H23N5OPtS2. The van der Waals surface area contributed by atoms with Crippen molar-refractivity contribution in [1.82, 2.24) is 24.1 Å². The molecular weight excluding hydrogens is 886 g/mol. The molecule has 9 heteroatoms. The summed E-state index contributed by atoms with van der Waals surface area (Å²) >= 11 is 3.74. The van der Waals surface area contributed by atoms with Gasteiger partial charge in [0.1, 0.15) is 5.65 Å². The molecule has 0 amide bonds. The molecule has 6 aromatic heterocycles. The first-order valence-electron chi connectivity index (χ1n) is 17.3. The summed E-state index contributed by atoms with van der Waals surface area (Å²) in [4.78, 5) is 9.73. The minimum atomic E-state index is 0. The second kappa shape index (κ2) is 12.0. The van der Waals surface area contributed by atoms with E-state index < -0.39 is 0 Å². The standard InChI is InChI=1S/C45H23N5OS2.Pt/c1-4-13-39-33(9-1)42-41(52-39)19-17-31-34-23-26(14-18-40(34)53-43(31)42)36-20-22-49(48-36)27-7-5-8-28(24-27)51-29-15-16-30-32-10-6-21-46-44(32)50-38-12-3-2-11-37(38)47-45(50)35(30)25-29;/h1-23H;/q-2;+2. The molecule has 6 nitrogen and oxygen atoms in total. The number of benzene rings is 6. The van der Waals surface area contributed by atoms with Crippen molar-refractivity contribution in [1.29, 1.82) is 0 Å². The van der Waals surface area contributed by atoms with Gasteiger partial charge in [-0.15, -0.1) is 53.0 Å². The van der Waals surface area contributed by atoms with E-state index >= 15 is 0 Å². The van der Waals surface area contributed by atoms with Crippen LogP contribution in [0.25, 0.3) is 95.8 Å². The topological polar surface area (TPSA) is 57.2 Å². The fourth-order valence-corrected chi connectivity index (χ4v) is 10.1. The number of pyridine rings is 2. The van der Waals surface area contributed by atoms with Crippen LogP contribution in [0.2, 0.25) is 0 Å². The third kappa shape index (κ3) is 4.70. The van der Waals surface area contributed by atoms with E-state index in [1.807, 2.05) is 88.3 Å². The van der Waals surface area contributed by atoms with Crippen LogP contribution in [0.3, 0.4) is 0 Å². The van der Waals surface area contributed by atoms with Gasteiger partial charge < -0.3 is 9.14 Å².